The summed E-state index contributed by atoms with van der Waals surface area (Å²) in [4.78, 5) is 8.44. The van der Waals surface area contributed by atoms with Gasteiger partial charge in [-0.3, -0.25) is 20.8 Å². The standard InChI is InChI=1S/C15H18N6/c1-12(14-7-3-5-9-16-14)20-18-11-19-21-13(2)15-8-4-6-10-17-15/h3-10,18-19H,11H2,1-2H3/b20-12+,21-13+. The second-order valence-corrected chi connectivity index (χ2v) is 4.32. The van der Waals surface area contributed by atoms with Crippen LogP contribution in [0.1, 0.15) is 25.2 Å². The van der Waals surface area contributed by atoms with Crippen LogP contribution < -0.4 is 10.9 Å². The molecule has 0 amide bonds. The Morgan fingerprint density at radius 2 is 1.33 bits per heavy atom. The molecule has 0 unspecified atom stereocenters. The molecule has 0 aliphatic heterocycles. The molecule has 2 rings (SSSR count). The molecule has 108 valence electrons. The summed E-state index contributed by atoms with van der Waals surface area (Å²) in [6.07, 6.45) is 3.49. The number of nitrogens with zero attached hydrogens (tertiary/aromatic N) is 4. The van der Waals surface area contributed by atoms with E-state index < -0.39 is 0 Å². The monoisotopic (exact) mass is 282 g/mol. The number of hydrogen-bond acceptors (Lipinski definition) is 6. The molecular weight excluding hydrogens is 264 g/mol. The summed E-state index contributed by atoms with van der Waals surface area (Å²) in [7, 11) is 0. The quantitative estimate of drug-likeness (QED) is 0.366. The van der Waals surface area contributed by atoms with Crippen molar-refractivity contribution in [3.8, 4) is 0 Å². The van der Waals surface area contributed by atoms with E-state index in [1.54, 1.807) is 12.4 Å². The third-order valence-corrected chi connectivity index (χ3v) is 2.72. The highest BCUT2D eigenvalue weighted by Crippen LogP contribution is 1.95. The summed E-state index contributed by atoms with van der Waals surface area (Å²) >= 11 is 0. The second-order valence-electron chi connectivity index (χ2n) is 4.32. The SMILES string of the molecule is C/C(=N\NCN/N=C(\C)c1ccccn1)c1ccccn1. The molecule has 0 aliphatic rings. The van der Waals surface area contributed by atoms with Crippen molar-refractivity contribution in [2.24, 2.45) is 10.2 Å². The van der Waals surface area contributed by atoms with Crippen molar-refractivity contribution >= 4 is 11.4 Å². The van der Waals surface area contributed by atoms with Crippen molar-refractivity contribution < 1.29 is 0 Å². The van der Waals surface area contributed by atoms with Gasteiger partial charge in [0.2, 0.25) is 0 Å². The number of hydrazone groups is 2. The predicted octanol–water partition coefficient (Wildman–Crippen LogP) is 1.76. The summed E-state index contributed by atoms with van der Waals surface area (Å²) in [5, 5.41) is 8.44. The molecule has 0 spiro atoms. The van der Waals surface area contributed by atoms with Gasteiger partial charge in [-0.25, -0.2) is 0 Å². The van der Waals surface area contributed by atoms with E-state index in [0.717, 1.165) is 22.8 Å². The normalized spacial score (nSPS) is 12.1. The number of pyridine rings is 2. The van der Waals surface area contributed by atoms with Crippen molar-refractivity contribution in [3.63, 3.8) is 0 Å². The molecule has 0 radical (unpaired) electrons. The molecule has 2 aromatic heterocycles. The van der Waals surface area contributed by atoms with Gasteiger partial charge in [-0.05, 0) is 38.1 Å². The van der Waals surface area contributed by atoms with Crippen LogP contribution in [0.2, 0.25) is 0 Å². The van der Waals surface area contributed by atoms with Gasteiger partial charge in [-0.1, -0.05) is 12.1 Å². The van der Waals surface area contributed by atoms with E-state index >= 15 is 0 Å². The summed E-state index contributed by atoms with van der Waals surface area (Å²) < 4.78 is 0. The summed E-state index contributed by atoms with van der Waals surface area (Å²) in [6, 6.07) is 11.4. The van der Waals surface area contributed by atoms with Crippen molar-refractivity contribution in [2.75, 3.05) is 6.67 Å². The first-order valence-electron chi connectivity index (χ1n) is 6.64. The van der Waals surface area contributed by atoms with E-state index in [0.29, 0.717) is 6.67 Å². The van der Waals surface area contributed by atoms with E-state index in [1.807, 2.05) is 50.2 Å². The fourth-order valence-corrected chi connectivity index (χ4v) is 1.62. The Morgan fingerprint density at radius 1 is 0.857 bits per heavy atom. The first kappa shape index (κ1) is 14.6. The Bertz CT molecular complexity index is 551. The molecule has 0 aliphatic carbocycles. The number of hydrogen-bond donors (Lipinski definition) is 2. The zero-order valence-electron chi connectivity index (χ0n) is 12.1. The van der Waals surface area contributed by atoms with Crippen LogP contribution in [0, 0.1) is 0 Å². The highest BCUT2D eigenvalue weighted by Gasteiger charge is 1.97. The minimum absolute atomic E-state index is 0.425. The maximum Gasteiger partial charge on any atom is 0.117 e. The molecule has 0 saturated heterocycles. The van der Waals surface area contributed by atoms with E-state index in [1.165, 1.54) is 0 Å². The van der Waals surface area contributed by atoms with Crippen LogP contribution in [-0.2, 0) is 0 Å². The molecule has 6 nitrogen and oxygen atoms in total. The van der Waals surface area contributed by atoms with Gasteiger partial charge < -0.3 is 0 Å². The van der Waals surface area contributed by atoms with E-state index in [-0.39, 0.29) is 0 Å². The predicted molar refractivity (Wildman–Crippen MR) is 84.0 cm³/mol. The van der Waals surface area contributed by atoms with Crippen LogP contribution in [0.3, 0.4) is 0 Å². The molecule has 2 N–H and O–H groups in total. The molecule has 0 aromatic carbocycles. The second kappa shape index (κ2) is 7.74. The van der Waals surface area contributed by atoms with Gasteiger partial charge in [0, 0.05) is 12.4 Å². The highest BCUT2D eigenvalue weighted by molar-refractivity contribution is 5.97. The van der Waals surface area contributed by atoms with Crippen LogP contribution in [0.5, 0.6) is 0 Å². The largest absolute Gasteiger partial charge is 0.289 e. The fraction of sp³-hybridized carbons (Fsp3) is 0.200. The Hall–Kier alpha value is -2.76. The van der Waals surface area contributed by atoms with Gasteiger partial charge in [-0.15, -0.1) is 0 Å². The van der Waals surface area contributed by atoms with Gasteiger partial charge in [-0.2, -0.15) is 10.2 Å². The Balaban J connectivity index is 1.80. The summed E-state index contributed by atoms with van der Waals surface area (Å²) in [5.74, 6) is 0. The lowest BCUT2D eigenvalue weighted by Crippen LogP contribution is -2.23. The molecule has 0 atom stereocenters. The van der Waals surface area contributed by atoms with E-state index in [2.05, 4.69) is 31.0 Å². The third-order valence-electron chi connectivity index (χ3n) is 2.72. The lowest BCUT2D eigenvalue weighted by atomic mass is 10.3. The molecule has 0 saturated carbocycles. The Morgan fingerprint density at radius 3 is 1.71 bits per heavy atom. The van der Waals surface area contributed by atoms with Crippen LogP contribution in [0.15, 0.2) is 59.0 Å². The van der Waals surface area contributed by atoms with Crippen molar-refractivity contribution in [2.45, 2.75) is 13.8 Å². The van der Waals surface area contributed by atoms with Crippen LogP contribution >= 0.6 is 0 Å². The van der Waals surface area contributed by atoms with Crippen LogP contribution in [-0.4, -0.2) is 28.1 Å². The summed E-state index contributed by atoms with van der Waals surface area (Å²) in [5.41, 5.74) is 9.13. The third kappa shape index (κ3) is 4.68. The van der Waals surface area contributed by atoms with Crippen molar-refractivity contribution in [1.82, 2.24) is 20.8 Å². The average Bonchev–Trinajstić information content (AvgIpc) is 2.55. The minimum Gasteiger partial charge on any atom is -0.289 e. The fourth-order valence-electron chi connectivity index (χ4n) is 1.62. The first-order valence-corrected chi connectivity index (χ1v) is 6.64. The zero-order chi connectivity index (χ0) is 14.9. The van der Waals surface area contributed by atoms with E-state index in [4.69, 9.17) is 0 Å². The van der Waals surface area contributed by atoms with Gasteiger partial charge in [0.05, 0.1) is 22.8 Å². The smallest absolute Gasteiger partial charge is 0.117 e. The number of aromatic nitrogens is 2. The minimum atomic E-state index is 0.425. The van der Waals surface area contributed by atoms with Crippen molar-refractivity contribution in [1.29, 1.82) is 0 Å². The van der Waals surface area contributed by atoms with E-state index in [9.17, 15) is 0 Å². The molecule has 21 heavy (non-hydrogen) atoms. The van der Waals surface area contributed by atoms with Crippen molar-refractivity contribution in [3.05, 3.63) is 60.2 Å². The topological polar surface area (TPSA) is 74.6 Å². The zero-order valence-corrected chi connectivity index (χ0v) is 12.1. The average molecular weight is 282 g/mol. The highest BCUT2D eigenvalue weighted by atomic mass is 15.4. The molecular formula is C15H18N6. The molecule has 0 bridgehead atoms. The van der Waals surface area contributed by atoms with Gasteiger partial charge in [0.1, 0.15) is 6.67 Å². The van der Waals surface area contributed by atoms with Crippen LogP contribution in [0.4, 0.5) is 0 Å². The lowest BCUT2D eigenvalue weighted by molar-refractivity contribution is 0.628. The lowest BCUT2D eigenvalue weighted by Gasteiger charge is -2.04. The summed E-state index contributed by atoms with van der Waals surface area (Å²) in [6.45, 7) is 4.23. The maximum atomic E-state index is 4.22. The Labute approximate surface area is 124 Å². The first-order chi connectivity index (χ1) is 10.3. The molecule has 2 aromatic rings. The van der Waals surface area contributed by atoms with Crippen LogP contribution in [0.25, 0.3) is 0 Å². The number of rotatable bonds is 6. The molecule has 0 fully saturated rings. The maximum absolute atomic E-state index is 4.22. The molecule has 2 heterocycles. The van der Waals surface area contributed by atoms with Gasteiger partial charge >= 0.3 is 0 Å². The Kier molecular flexibility index (Phi) is 5.40. The molecule has 6 heteroatoms. The number of nitrogens with one attached hydrogen (secondary N) is 2. The van der Waals surface area contributed by atoms with Gasteiger partial charge in [0.15, 0.2) is 0 Å². The van der Waals surface area contributed by atoms with Gasteiger partial charge in [0.25, 0.3) is 0 Å².